The molecule has 312 valence electrons. The molecule has 0 saturated carbocycles. The monoisotopic (exact) mass is 746 g/mol. The lowest BCUT2D eigenvalue weighted by molar-refractivity contribution is -0.131. The van der Waals surface area contributed by atoms with Gasteiger partial charge in [0.15, 0.2) is 0 Å². The third-order valence-electron chi connectivity index (χ3n) is 10.7. The normalized spacial score (nSPS) is 13.8. The van der Waals surface area contributed by atoms with E-state index in [4.69, 9.17) is 0 Å². The summed E-state index contributed by atoms with van der Waals surface area (Å²) in [5.74, 6) is -0.516. The van der Waals surface area contributed by atoms with Gasteiger partial charge < -0.3 is 20.6 Å². The van der Waals surface area contributed by atoms with Crippen LogP contribution in [-0.4, -0.2) is 46.1 Å². The quantitative estimate of drug-likeness (QED) is 0.0370. The van der Waals surface area contributed by atoms with Gasteiger partial charge >= 0.3 is 0 Å². The van der Waals surface area contributed by atoms with Gasteiger partial charge in [-0.3, -0.25) is 4.79 Å². The van der Waals surface area contributed by atoms with Crippen molar-refractivity contribution >= 4 is 5.91 Å². The molecular formula is C48H91NO4. The molecule has 0 saturated heterocycles. The largest absolute Gasteiger partial charge is 0.394 e. The molecular weight excluding hydrogens is 655 g/mol. The molecule has 0 rings (SSSR count). The number of allylic oxidation sites excluding steroid dienone is 5. The highest BCUT2D eigenvalue weighted by Crippen LogP contribution is 2.15. The Bertz CT molecular complexity index is 824. The Hall–Kier alpha value is -1.43. The van der Waals surface area contributed by atoms with E-state index in [-0.39, 0.29) is 6.61 Å². The van der Waals surface area contributed by atoms with Crippen LogP contribution in [0.5, 0.6) is 0 Å². The Morgan fingerprint density at radius 1 is 0.453 bits per heavy atom. The van der Waals surface area contributed by atoms with Gasteiger partial charge in [0.1, 0.15) is 6.10 Å². The third kappa shape index (κ3) is 38.6. The average Bonchev–Trinajstić information content (AvgIpc) is 3.16. The van der Waals surface area contributed by atoms with Crippen LogP contribution in [0, 0.1) is 0 Å². The van der Waals surface area contributed by atoms with E-state index in [2.05, 4.69) is 43.5 Å². The molecule has 0 aromatic heterocycles. The number of nitrogens with one attached hydrogen (secondary N) is 1. The van der Waals surface area contributed by atoms with Crippen molar-refractivity contribution in [3.8, 4) is 0 Å². The van der Waals surface area contributed by atoms with Crippen molar-refractivity contribution in [2.24, 2.45) is 0 Å². The lowest BCUT2D eigenvalue weighted by Crippen LogP contribution is -2.48. The van der Waals surface area contributed by atoms with Gasteiger partial charge in [-0.15, -0.1) is 0 Å². The molecule has 0 aliphatic heterocycles. The zero-order valence-electron chi connectivity index (χ0n) is 35.4. The van der Waals surface area contributed by atoms with Gasteiger partial charge in [-0.1, -0.05) is 217 Å². The molecule has 0 aromatic rings. The minimum absolute atomic E-state index is 0.378. The number of aliphatic hydroxyl groups is 3. The highest BCUT2D eigenvalue weighted by atomic mass is 16.3. The maximum atomic E-state index is 12.5. The summed E-state index contributed by atoms with van der Waals surface area (Å²) in [7, 11) is 0. The van der Waals surface area contributed by atoms with Gasteiger partial charge in [0.2, 0.25) is 5.91 Å². The van der Waals surface area contributed by atoms with E-state index in [1.807, 2.05) is 6.08 Å². The topological polar surface area (TPSA) is 89.8 Å². The van der Waals surface area contributed by atoms with Crippen LogP contribution in [0.3, 0.4) is 0 Å². The second-order valence-corrected chi connectivity index (χ2v) is 16.0. The Labute approximate surface area is 330 Å². The summed E-state index contributed by atoms with van der Waals surface area (Å²) in [6.45, 7) is 4.18. The molecule has 0 spiro atoms. The van der Waals surface area contributed by atoms with E-state index in [0.29, 0.717) is 6.42 Å². The molecule has 0 radical (unpaired) electrons. The molecule has 4 N–H and O–H groups in total. The Morgan fingerprint density at radius 2 is 0.774 bits per heavy atom. The summed E-state index contributed by atoms with van der Waals surface area (Å²) in [6.07, 6.45) is 54.7. The molecule has 0 aliphatic carbocycles. The van der Waals surface area contributed by atoms with Crippen molar-refractivity contribution in [1.82, 2.24) is 5.32 Å². The molecule has 3 unspecified atom stereocenters. The average molecular weight is 746 g/mol. The highest BCUT2D eigenvalue weighted by molar-refractivity contribution is 5.80. The number of unbranched alkanes of at least 4 members (excludes halogenated alkanes) is 30. The molecule has 0 fully saturated rings. The van der Waals surface area contributed by atoms with E-state index in [1.165, 1.54) is 180 Å². The first-order valence-corrected chi connectivity index (χ1v) is 23.3. The predicted octanol–water partition coefficient (Wildman–Crippen LogP) is 13.5. The summed E-state index contributed by atoms with van der Waals surface area (Å²) in [5.41, 5.74) is 0. The van der Waals surface area contributed by atoms with Gasteiger partial charge in [0, 0.05) is 0 Å². The zero-order chi connectivity index (χ0) is 38.7. The summed E-state index contributed by atoms with van der Waals surface area (Å²) in [6, 6.07) is -0.816. The van der Waals surface area contributed by atoms with Crippen LogP contribution >= 0.6 is 0 Å². The van der Waals surface area contributed by atoms with Crippen LogP contribution in [0.4, 0.5) is 0 Å². The first-order valence-electron chi connectivity index (χ1n) is 23.3. The summed E-state index contributed by atoms with van der Waals surface area (Å²) < 4.78 is 0. The number of hydrogen-bond donors (Lipinski definition) is 4. The van der Waals surface area contributed by atoms with Crippen LogP contribution in [0.1, 0.15) is 239 Å². The smallest absolute Gasteiger partial charge is 0.249 e. The van der Waals surface area contributed by atoms with E-state index >= 15 is 0 Å². The van der Waals surface area contributed by atoms with Gasteiger partial charge in [-0.25, -0.2) is 0 Å². The van der Waals surface area contributed by atoms with Gasteiger partial charge in [0.05, 0.1) is 18.8 Å². The predicted molar refractivity (Wildman–Crippen MR) is 231 cm³/mol. The SMILES string of the molecule is CCCCCCCCCCCCC/C=C\CCCCCCCCC(O)C(=O)NC(CO)C(O)/C=C/CC/C=C/CCCCCCCCCCCCCC. The number of hydrogen-bond acceptors (Lipinski definition) is 4. The Morgan fingerprint density at radius 3 is 1.15 bits per heavy atom. The molecule has 1 amide bonds. The lowest BCUT2D eigenvalue weighted by Gasteiger charge is -2.21. The van der Waals surface area contributed by atoms with Crippen molar-refractivity contribution in [1.29, 1.82) is 0 Å². The first-order chi connectivity index (χ1) is 26.1. The second kappa shape index (κ2) is 43.3. The first kappa shape index (κ1) is 51.6. The fourth-order valence-corrected chi connectivity index (χ4v) is 7.02. The summed E-state index contributed by atoms with van der Waals surface area (Å²) in [4.78, 5) is 12.5. The number of rotatable bonds is 42. The number of carbonyl (C=O) groups excluding carboxylic acids is 1. The summed E-state index contributed by atoms with van der Waals surface area (Å²) >= 11 is 0. The van der Waals surface area contributed by atoms with Crippen LogP contribution in [0.2, 0.25) is 0 Å². The maximum Gasteiger partial charge on any atom is 0.249 e. The van der Waals surface area contributed by atoms with Crippen molar-refractivity contribution in [2.45, 2.75) is 257 Å². The van der Waals surface area contributed by atoms with E-state index in [1.54, 1.807) is 6.08 Å². The lowest BCUT2D eigenvalue weighted by atomic mass is 10.0. The van der Waals surface area contributed by atoms with Crippen LogP contribution in [0.15, 0.2) is 36.5 Å². The van der Waals surface area contributed by atoms with Gasteiger partial charge in [-0.05, 0) is 57.8 Å². The van der Waals surface area contributed by atoms with E-state index in [9.17, 15) is 20.1 Å². The number of aliphatic hydroxyl groups excluding tert-OH is 3. The molecule has 0 heterocycles. The van der Waals surface area contributed by atoms with Crippen LogP contribution in [0.25, 0.3) is 0 Å². The fraction of sp³-hybridized carbons (Fsp3) is 0.854. The molecule has 0 bridgehead atoms. The summed E-state index contributed by atoms with van der Waals surface area (Å²) in [5, 5.41) is 33.2. The third-order valence-corrected chi connectivity index (χ3v) is 10.7. The molecule has 3 atom stereocenters. The van der Waals surface area contributed by atoms with E-state index < -0.39 is 24.2 Å². The molecule has 5 nitrogen and oxygen atoms in total. The van der Waals surface area contributed by atoms with Crippen molar-refractivity contribution in [3.05, 3.63) is 36.5 Å². The van der Waals surface area contributed by atoms with Gasteiger partial charge in [-0.2, -0.15) is 0 Å². The maximum absolute atomic E-state index is 12.5. The van der Waals surface area contributed by atoms with Crippen molar-refractivity contribution in [2.75, 3.05) is 6.61 Å². The van der Waals surface area contributed by atoms with Gasteiger partial charge in [0.25, 0.3) is 0 Å². The van der Waals surface area contributed by atoms with Crippen molar-refractivity contribution < 1.29 is 20.1 Å². The Kier molecular flexibility index (Phi) is 42.1. The van der Waals surface area contributed by atoms with Crippen LogP contribution in [-0.2, 0) is 4.79 Å². The van der Waals surface area contributed by atoms with Crippen molar-refractivity contribution in [3.63, 3.8) is 0 Å². The molecule has 0 aromatic carbocycles. The minimum atomic E-state index is -1.11. The number of carbonyl (C=O) groups is 1. The van der Waals surface area contributed by atoms with Crippen LogP contribution < -0.4 is 5.32 Å². The fourth-order valence-electron chi connectivity index (χ4n) is 7.02. The molecule has 5 heteroatoms. The Balaban J connectivity index is 3.70. The highest BCUT2D eigenvalue weighted by Gasteiger charge is 2.22. The van der Waals surface area contributed by atoms with E-state index in [0.717, 1.165) is 38.5 Å². The molecule has 53 heavy (non-hydrogen) atoms. The minimum Gasteiger partial charge on any atom is -0.394 e. The zero-order valence-corrected chi connectivity index (χ0v) is 35.4. The standard InChI is InChI=1S/C48H91NO4/c1-3-5-7-9-11-13-15-17-19-21-23-24-25-27-29-31-33-35-37-39-41-43-47(52)48(53)49-45(44-50)46(51)42-40-38-36-34-32-30-28-26-22-20-18-16-14-12-10-8-6-4-2/h25,27,32,34,40,42,45-47,50-52H,3-24,26,28-31,33,35-39,41,43-44H2,1-2H3,(H,49,53)/b27-25-,34-32+,42-40+. The second-order valence-electron chi connectivity index (χ2n) is 16.0. The molecule has 0 aliphatic rings. The number of amides is 1.